The first-order valence-electron chi connectivity index (χ1n) is 12.1. The van der Waals surface area contributed by atoms with Gasteiger partial charge in [-0.3, -0.25) is 5.32 Å². The molecule has 202 valence electrons. The van der Waals surface area contributed by atoms with E-state index in [1.807, 2.05) is 48.7 Å². The minimum absolute atomic E-state index is 0.0762. The fourth-order valence-corrected chi connectivity index (χ4v) is 5.86. The number of guanidine groups is 1. The molecule has 0 spiro atoms. The third-order valence-electron chi connectivity index (χ3n) is 6.52. The van der Waals surface area contributed by atoms with E-state index in [1.54, 1.807) is 12.5 Å². The van der Waals surface area contributed by atoms with Crippen molar-refractivity contribution in [2.24, 2.45) is 10.4 Å². The fraction of sp³-hybridized carbons (Fsp3) is 0.333. The zero-order valence-electron chi connectivity index (χ0n) is 21.2. The number of methoxy groups -OCH3 is 1. The summed E-state index contributed by atoms with van der Waals surface area (Å²) in [6.07, 6.45) is 9.53. The van der Waals surface area contributed by atoms with Crippen molar-refractivity contribution in [3.05, 3.63) is 83.5 Å². The molecule has 0 aliphatic carbocycles. The first-order chi connectivity index (χ1) is 18.3. The molecule has 8 nitrogen and oxygen atoms in total. The lowest BCUT2D eigenvalue weighted by Gasteiger charge is -2.41. The molecule has 0 aromatic heterocycles. The lowest BCUT2D eigenvalue weighted by molar-refractivity contribution is 0.158. The van der Waals surface area contributed by atoms with E-state index in [0.29, 0.717) is 57.2 Å². The highest BCUT2D eigenvalue weighted by Crippen LogP contribution is 2.37. The number of hydrogen-bond donors (Lipinski definition) is 3. The highest BCUT2D eigenvalue weighted by Gasteiger charge is 2.38. The number of piperidine rings is 1. The maximum Gasteiger partial charge on any atom is 0.243 e. The number of nitriles is 1. The summed E-state index contributed by atoms with van der Waals surface area (Å²) in [5.74, 6) is 0.559. The number of benzene rings is 2. The molecule has 2 aromatic carbocycles. The smallest absolute Gasteiger partial charge is 0.243 e. The number of thiol groups is 1. The largest absolute Gasteiger partial charge is 0.496 e. The van der Waals surface area contributed by atoms with Crippen LogP contribution in [0, 0.1) is 22.7 Å². The van der Waals surface area contributed by atoms with Crippen molar-refractivity contribution in [2.45, 2.75) is 30.7 Å². The fourth-order valence-electron chi connectivity index (χ4n) is 4.32. The van der Waals surface area contributed by atoms with Crippen LogP contribution in [0.25, 0.3) is 0 Å². The van der Waals surface area contributed by atoms with Crippen LogP contribution in [-0.2, 0) is 16.6 Å². The second kappa shape index (κ2) is 14.0. The molecule has 1 aliphatic rings. The highest BCUT2D eigenvalue weighted by atomic mass is 32.2. The quantitative estimate of drug-likeness (QED) is 0.101. The first kappa shape index (κ1) is 29.2. The second-order valence-corrected chi connectivity index (χ2v) is 11.1. The summed E-state index contributed by atoms with van der Waals surface area (Å²) in [5, 5.41) is 16.8. The monoisotopic (exact) mass is 557 g/mol. The van der Waals surface area contributed by atoms with E-state index in [4.69, 9.17) is 4.74 Å². The molecule has 1 heterocycles. The average molecular weight is 558 g/mol. The summed E-state index contributed by atoms with van der Waals surface area (Å²) >= 11 is 4.08. The minimum atomic E-state index is -3.73. The Balaban J connectivity index is 1.74. The number of nitrogens with zero attached hydrogens (tertiary/aromatic N) is 3. The van der Waals surface area contributed by atoms with Gasteiger partial charge in [0.25, 0.3) is 0 Å². The number of halogens is 1. The standard InChI is InChI=1S/C27H32FN5O3S2/c1-36-25-8-4-3-7-22(25)19-30-26(32-21-29)31-20-27(13-5-2-6-18-37)14-16-33(17-15-27)38(34,35)24-11-9-23(28)10-12-24/h2-12,18,37H,13-17,19-20H2,1H3,(H2,30,31,32)/b5-2-,18-6-. The van der Waals surface area contributed by atoms with Gasteiger partial charge in [-0.1, -0.05) is 36.4 Å². The zero-order chi connectivity index (χ0) is 27.4. The lowest BCUT2D eigenvalue weighted by atomic mass is 9.76. The van der Waals surface area contributed by atoms with Gasteiger partial charge >= 0.3 is 0 Å². The number of allylic oxidation sites excluding steroid dienone is 3. The molecule has 1 saturated heterocycles. The predicted molar refractivity (Wildman–Crippen MR) is 150 cm³/mol. The third-order valence-corrected chi connectivity index (χ3v) is 8.61. The van der Waals surface area contributed by atoms with Gasteiger partial charge in [-0.05, 0) is 60.4 Å². The number of rotatable bonds is 10. The van der Waals surface area contributed by atoms with Crippen molar-refractivity contribution in [3.63, 3.8) is 0 Å². The molecule has 2 N–H and O–H groups in total. The van der Waals surface area contributed by atoms with Crippen LogP contribution < -0.4 is 15.4 Å². The van der Waals surface area contributed by atoms with E-state index in [0.717, 1.165) is 17.7 Å². The van der Waals surface area contributed by atoms with E-state index in [-0.39, 0.29) is 10.3 Å². The predicted octanol–water partition coefficient (Wildman–Crippen LogP) is 4.21. The molecule has 0 unspecified atom stereocenters. The van der Waals surface area contributed by atoms with Crippen LogP contribution in [0.2, 0.25) is 0 Å². The molecular weight excluding hydrogens is 525 g/mol. The third kappa shape index (κ3) is 7.84. The Morgan fingerprint density at radius 3 is 2.58 bits per heavy atom. The van der Waals surface area contributed by atoms with Crippen molar-refractivity contribution in [1.82, 2.24) is 14.9 Å². The van der Waals surface area contributed by atoms with Crippen LogP contribution in [0.5, 0.6) is 5.75 Å². The molecule has 0 amide bonds. The van der Waals surface area contributed by atoms with Gasteiger partial charge in [0.05, 0.1) is 18.6 Å². The molecule has 0 atom stereocenters. The summed E-state index contributed by atoms with van der Waals surface area (Å²) < 4.78 is 46.4. The van der Waals surface area contributed by atoms with Crippen molar-refractivity contribution in [3.8, 4) is 11.9 Å². The Hall–Kier alpha value is -3.33. The molecule has 0 saturated carbocycles. The van der Waals surface area contributed by atoms with Gasteiger partial charge in [0.15, 0.2) is 6.19 Å². The van der Waals surface area contributed by atoms with Crippen molar-refractivity contribution >= 4 is 28.6 Å². The molecule has 0 radical (unpaired) electrons. The Kier molecular flexibility index (Phi) is 10.8. The van der Waals surface area contributed by atoms with Crippen LogP contribution in [0.4, 0.5) is 4.39 Å². The highest BCUT2D eigenvalue weighted by molar-refractivity contribution is 7.89. The minimum Gasteiger partial charge on any atom is -0.496 e. The Morgan fingerprint density at radius 1 is 1.21 bits per heavy atom. The van der Waals surface area contributed by atoms with Crippen LogP contribution in [0.15, 0.2) is 82.1 Å². The SMILES string of the molecule is COc1ccccc1CN=C(NC#N)NCC1(C/C=C\C=C/S)CCN(S(=O)(=O)c2ccc(F)cc2)CC1. The summed E-state index contributed by atoms with van der Waals surface area (Å²) in [6, 6.07) is 12.4. The number of aliphatic imine (C=N–C) groups is 1. The van der Waals surface area contributed by atoms with Gasteiger partial charge in [0.2, 0.25) is 16.0 Å². The molecule has 0 bridgehead atoms. The molecule has 3 rings (SSSR count). The molecule has 11 heteroatoms. The van der Waals surface area contributed by atoms with Crippen molar-refractivity contribution in [1.29, 1.82) is 5.26 Å². The maximum absolute atomic E-state index is 13.3. The number of nitrogens with one attached hydrogen (secondary N) is 2. The van der Waals surface area contributed by atoms with Crippen LogP contribution >= 0.6 is 12.6 Å². The van der Waals surface area contributed by atoms with Crippen molar-refractivity contribution in [2.75, 3.05) is 26.7 Å². The Labute approximate surface area is 229 Å². The summed E-state index contributed by atoms with van der Waals surface area (Å²) in [7, 11) is -2.13. The van der Waals surface area contributed by atoms with E-state index in [9.17, 15) is 18.1 Å². The molecule has 1 aliphatic heterocycles. The Bertz CT molecular complexity index is 1300. The summed E-state index contributed by atoms with van der Waals surface area (Å²) in [4.78, 5) is 4.61. The van der Waals surface area contributed by atoms with E-state index >= 15 is 0 Å². The van der Waals surface area contributed by atoms with Gasteiger partial charge in [-0.25, -0.2) is 17.8 Å². The summed E-state index contributed by atoms with van der Waals surface area (Å²) in [5.41, 5.74) is 0.600. The second-order valence-electron chi connectivity index (χ2n) is 8.90. The topological polar surface area (TPSA) is 107 Å². The van der Waals surface area contributed by atoms with Gasteiger partial charge in [-0.15, -0.1) is 0 Å². The Morgan fingerprint density at radius 2 is 1.92 bits per heavy atom. The van der Waals surface area contributed by atoms with Gasteiger partial charge in [0, 0.05) is 25.2 Å². The van der Waals surface area contributed by atoms with Crippen molar-refractivity contribution < 1.29 is 17.5 Å². The maximum atomic E-state index is 13.3. The molecule has 1 fully saturated rings. The normalized spacial score (nSPS) is 16.4. The number of sulfonamides is 1. The first-order valence-corrected chi connectivity index (χ1v) is 14.1. The van der Waals surface area contributed by atoms with Gasteiger partial charge in [0.1, 0.15) is 11.6 Å². The van der Waals surface area contributed by atoms with Gasteiger partial charge in [-0.2, -0.15) is 22.2 Å². The average Bonchev–Trinajstić information content (AvgIpc) is 2.93. The number of para-hydroxylation sites is 1. The summed E-state index contributed by atoms with van der Waals surface area (Å²) in [6.45, 7) is 1.42. The van der Waals surface area contributed by atoms with E-state index in [2.05, 4.69) is 28.3 Å². The number of ether oxygens (including phenoxy) is 1. The molecule has 38 heavy (non-hydrogen) atoms. The number of hydrogen-bond acceptors (Lipinski definition) is 6. The van der Waals surface area contributed by atoms with Gasteiger partial charge < -0.3 is 10.1 Å². The molecular formula is C27H32FN5O3S2. The van der Waals surface area contributed by atoms with Crippen LogP contribution in [-0.4, -0.2) is 45.4 Å². The van der Waals surface area contributed by atoms with Crippen LogP contribution in [0.1, 0.15) is 24.8 Å². The van der Waals surface area contributed by atoms with E-state index < -0.39 is 15.8 Å². The lowest BCUT2D eigenvalue weighted by Crippen LogP contribution is -2.49. The zero-order valence-corrected chi connectivity index (χ0v) is 22.9. The van der Waals surface area contributed by atoms with E-state index in [1.165, 1.54) is 16.4 Å². The van der Waals surface area contributed by atoms with Crippen LogP contribution in [0.3, 0.4) is 0 Å². The molecule has 2 aromatic rings.